The Morgan fingerprint density at radius 2 is 2.06 bits per heavy atom. The first-order valence-electron chi connectivity index (χ1n) is 5.63. The lowest BCUT2D eigenvalue weighted by molar-refractivity contribution is -0.142. The van der Waals surface area contributed by atoms with Crippen molar-refractivity contribution >= 4 is 23.4 Å². The minimum absolute atomic E-state index is 0.196. The predicted octanol–water partition coefficient (Wildman–Crippen LogP) is 1.42. The first-order chi connectivity index (χ1) is 8.34. The van der Waals surface area contributed by atoms with Crippen LogP contribution in [-0.4, -0.2) is 44.6 Å². The summed E-state index contributed by atoms with van der Waals surface area (Å²) in [5.74, 6) is -1.13. The van der Waals surface area contributed by atoms with Gasteiger partial charge in [0, 0.05) is 7.05 Å². The normalized spacial score (nSPS) is 12.5. The molecule has 1 N–H and O–H groups in total. The van der Waals surface area contributed by atoms with Crippen LogP contribution in [0.4, 0.5) is 0 Å². The van der Waals surface area contributed by atoms with Crippen LogP contribution >= 0.6 is 11.5 Å². The molecule has 1 amide bonds. The number of carboxylic acid groups (broad SMARTS) is 1. The maximum Gasteiger partial charge on any atom is 0.326 e. The molecule has 0 saturated heterocycles. The average molecular weight is 271 g/mol. The molecule has 1 aromatic rings. The van der Waals surface area contributed by atoms with E-state index in [0.717, 1.165) is 11.5 Å². The summed E-state index contributed by atoms with van der Waals surface area (Å²) in [5.41, 5.74) is 0.533. The van der Waals surface area contributed by atoms with Crippen LogP contribution in [0.15, 0.2) is 0 Å². The largest absolute Gasteiger partial charge is 0.480 e. The van der Waals surface area contributed by atoms with E-state index in [2.05, 4.69) is 9.59 Å². The standard InChI is InChI=1S/C11H17N3O3S/c1-6(2)5-8(11(16)17)14(4)10(15)9-7(3)12-13-18-9/h6,8H,5H2,1-4H3,(H,16,17). The molecule has 100 valence electrons. The number of nitrogens with zero attached hydrogens (tertiary/aromatic N) is 3. The van der Waals surface area contributed by atoms with Crippen molar-refractivity contribution in [2.45, 2.75) is 33.2 Å². The summed E-state index contributed by atoms with van der Waals surface area (Å²) in [5, 5.41) is 12.9. The summed E-state index contributed by atoms with van der Waals surface area (Å²) in [6.07, 6.45) is 0.419. The Morgan fingerprint density at radius 3 is 2.44 bits per heavy atom. The van der Waals surface area contributed by atoms with Gasteiger partial charge in [-0.05, 0) is 30.8 Å². The summed E-state index contributed by atoms with van der Waals surface area (Å²) < 4.78 is 3.69. The zero-order chi connectivity index (χ0) is 13.9. The molecular weight excluding hydrogens is 254 g/mol. The summed E-state index contributed by atoms with van der Waals surface area (Å²) >= 11 is 0.989. The molecule has 0 aromatic carbocycles. The molecular formula is C11H17N3O3S. The van der Waals surface area contributed by atoms with E-state index in [1.165, 1.54) is 11.9 Å². The van der Waals surface area contributed by atoms with Crippen molar-refractivity contribution in [1.29, 1.82) is 0 Å². The van der Waals surface area contributed by atoms with Crippen molar-refractivity contribution in [3.63, 3.8) is 0 Å². The predicted molar refractivity (Wildman–Crippen MR) is 67.6 cm³/mol. The Kier molecular flexibility index (Phi) is 4.77. The molecule has 1 unspecified atom stereocenters. The van der Waals surface area contributed by atoms with Gasteiger partial charge in [0.05, 0.1) is 5.69 Å². The molecule has 1 heterocycles. The zero-order valence-electron chi connectivity index (χ0n) is 10.9. The number of hydrogen-bond acceptors (Lipinski definition) is 5. The average Bonchev–Trinajstić information content (AvgIpc) is 2.69. The van der Waals surface area contributed by atoms with Crippen molar-refractivity contribution in [2.24, 2.45) is 5.92 Å². The number of likely N-dealkylation sites (N-methyl/N-ethyl adjacent to an activating group) is 1. The monoisotopic (exact) mass is 271 g/mol. The van der Waals surface area contributed by atoms with Crippen molar-refractivity contribution in [3.05, 3.63) is 10.6 Å². The fourth-order valence-corrected chi connectivity index (χ4v) is 2.24. The van der Waals surface area contributed by atoms with Crippen LogP contribution in [0.3, 0.4) is 0 Å². The molecule has 6 nitrogen and oxygen atoms in total. The topological polar surface area (TPSA) is 83.4 Å². The third-order valence-corrected chi connectivity index (χ3v) is 3.43. The molecule has 7 heteroatoms. The Hall–Kier alpha value is -1.50. The van der Waals surface area contributed by atoms with E-state index >= 15 is 0 Å². The van der Waals surface area contributed by atoms with Crippen LogP contribution in [0, 0.1) is 12.8 Å². The van der Waals surface area contributed by atoms with E-state index in [-0.39, 0.29) is 11.8 Å². The van der Waals surface area contributed by atoms with E-state index in [1.54, 1.807) is 6.92 Å². The van der Waals surface area contributed by atoms with Crippen LogP contribution in [0.5, 0.6) is 0 Å². The molecule has 1 rings (SSSR count). The second kappa shape index (κ2) is 5.90. The maximum atomic E-state index is 12.1. The molecule has 0 aliphatic heterocycles. The molecule has 1 aromatic heterocycles. The highest BCUT2D eigenvalue weighted by atomic mass is 32.1. The van der Waals surface area contributed by atoms with Gasteiger partial charge in [-0.3, -0.25) is 4.79 Å². The van der Waals surface area contributed by atoms with Gasteiger partial charge in [-0.15, -0.1) is 5.10 Å². The Morgan fingerprint density at radius 1 is 1.44 bits per heavy atom. The van der Waals surface area contributed by atoms with Crippen molar-refractivity contribution in [3.8, 4) is 0 Å². The second-order valence-electron chi connectivity index (χ2n) is 4.59. The van der Waals surface area contributed by atoms with Crippen molar-refractivity contribution < 1.29 is 14.7 Å². The van der Waals surface area contributed by atoms with Gasteiger partial charge in [-0.2, -0.15) is 0 Å². The fraction of sp³-hybridized carbons (Fsp3) is 0.636. The van der Waals surface area contributed by atoms with Crippen LogP contribution in [0.25, 0.3) is 0 Å². The second-order valence-corrected chi connectivity index (χ2v) is 5.34. The maximum absolute atomic E-state index is 12.1. The molecule has 0 saturated carbocycles. The number of aryl methyl sites for hydroxylation is 1. The highest BCUT2D eigenvalue weighted by Crippen LogP contribution is 2.17. The number of rotatable bonds is 5. The van der Waals surface area contributed by atoms with Crippen LogP contribution < -0.4 is 0 Å². The Labute approximate surface area is 110 Å². The summed E-state index contributed by atoms with van der Waals surface area (Å²) in [6.45, 7) is 5.53. The third kappa shape index (κ3) is 3.25. The molecule has 18 heavy (non-hydrogen) atoms. The molecule has 0 spiro atoms. The first kappa shape index (κ1) is 14.6. The smallest absolute Gasteiger partial charge is 0.326 e. The highest BCUT2D eigenvalue weighted by Gasteiger charge is 2.29. The minimum Gasteiger partial charge on any atom is -0.480 e. The number of carbonyl (C=O) groups is 2. The molecule has 1 atom stereocenters. The number of carbonyl (C=O) groups excluding carboxylic acids is 1. The molecule has 0 aliphatic carbocycles. The van der Waals surface area contributed by atoms with Gasteiger partial charge < -0.3 is 10.0 Å². The minimum atomic E-state index is -0.991. The van der Waals surface area contributed by atoms with Gasteiger partial charge in [0.25, 0.3) is 5.91 Å². The van der Waals surface area contributed by atoms with Gasteiger partial charge in [0.15, 0.2) is 0 Å². The summed E-state index contributed by atoms with van der Waals surface area (Å²) in [6, 6.07) is -0.820. The molecule has 0 aliphatic rings. The fourth-order valence-electron chi connectivity index (χ4n) is 1.60. The van der Waals surface area contributed by atoms with Crippen molar-refractivity contribution in [2.75, 3.05) is 7.05 Å². The number of aromatic nitrogens is 2. The zero-order valence-corrected chi connectivity index (χ0v) is 11.7. The number of carboxylic acids is 1. The number of aliphatic carboxylic acids is 1. The number of amides is 1. The highest BCUT2D eigenvalue weighted by molar-refractivity contribution is 7.07. The lowest BCUT2D eigenvalue weighted by Gasteiger charge is -2.25. The van der Waals surface area contributed by atoms with E-state index in [1.807, 2.05) is 13.8 Å². The van der Waals surface area contributed by atoms with Crippen LogP contribution in [-0.2, 0) is 4.79 Å². The van der Waals surface area contributed by atoms with E-state index in [9.17, 15) is 14.7 Å². The quantitative estimate of drug-likeness (QED) is 0.875. The Balaban J connectivity index is 2.90. The van der Waals surface area contributed by atoms with Gasteiger partial charge in [-0.25, -0.2) is 4.79 Å². The Bertz CT molecular complexity index is 444. The van der Waals surface area contributed by atoms with Crippen LogP contribution in [0.2, 0.25) is 0 Å². The first-order valence-corrected chi connectivity index (χ1v) is 6.40. The van der Waals surface area contributed by atoms with Gasteiger partial charge in [0.2, 0.25) is 0 Å². The van der Waals surface area contributed by atoms with Gasteiger partial charge in [-0.1, -0.05) is 18.3 Å². The van der Waals surface area contributed by atoms with E-state index < -0.39 is 12.0 Å². The van der Waals surface area contributed by atoms with Gasteiger partial charge in [0.1, 0.15) is 10.9 Å². The SMILES string of the molecule is Cc1nnsc1C(=O)N(C)C(CC(C)C)C(=O)O. The summed E-state index contributed by atoms with van der Waals surface area (Å²) in [7, 11) is 1.50. The molecule has 0 radical (unpaired) electrons. The third-order valence-electron chi connectivity index (χ3n) is 2.61. The summed E-state index contributed by atoms with van der Waals surface area (Å²) in [4.78, 5) is 25.0. The lowest BCUT2D eigenvalue weighted by Crippen LogP contribution is -2.43. The lowest BCUT2D eigenvalue weighted by atomic mass is 10.0. The van der Waals surface area contributed by atoms with Crippen molar-refractivity contribution in [1.82, 2.24) is 14.5 Å². The van der Waals surface area contributed by atoms with Gasteiger partial charge >= 0.3 is 5.97 Å². The molecule has 0 fully saturated rings. The number of hydrogen-bond donors (Lipinski definition) is 1. The molecule has 0 bridgehead atoms. The van der Waals surface area contributed by atoms with Crippen LogP contribution in [0.1, 0.15) is 35.6 Å². The van der Waals surface area contributed by atoms with E-state index in [0.29, 0.717) is 17.0 Å². The van der Waals surface area contributed by atoms with E-state index in [4.69, 9.17) is 0 Å².